The molecule has 0 fully saturated rings. The van der Waals surface area contributed by atoms with Gasteiger partial charge in [0.15, 0.2) is 0 Å². The first-order chi connectivity index (χ1) is 9.60. The van der Waals surface area contributed by atoms with Crippen LogP contribution in [-0.4, -0.2) is 25.7 Å². The highest BCUT2D eigenvalue weighted by molar-refractivity contribution is 5.90. The highest BCUT2D eigenvalue weighted by atomic mass is 16.5. The highest BCUT2D eigenvalue weighted by Crippen LogP contribution is 2.35. The van der Waals surface area contributed by atoms with Crippen LogP contribution in [0.15, 0.2) is 18.2 Å². The molecule has 1 aromatic heterocycles. The molecule has 0 aliphatic carbocycles. The minimum Gasteiger partial charge on any atom is -0.496 e. The van der Waals surface area contributed by atoms with Crippen molar-refractivity contribution in [3.63, 3.8) is 0 Å². The predicted molar refractivity (Wildman–Crippen MR) is 81.5 cm³/mol. The van der Waals surface area contributed by atoms with Crippen LogP contribution in [-0.2, 0) is 6.42 Å². The summed E-state index contributed by atoms with van der Waals surface area (Å²) in [5.74, 6) is 2.08. The van der Waals surface area contributed by atoms with Crippen molar-refractivity contribution in [2.24, 2.45) is 11.7 Å². The van der Waals surface area contributed by atoms with Gasteiger partial charge in [-0.25, -0.2) is 0 Å². The molecular formula is C16H22N2O2. The van der Waals surface area contributed by atoms with Crippen LogP contribution in [0.4, 0.5) is 0 Å². The lowest BCUT2D eigenvalue weighted by Crippen LogP contribution is -2.14. The number of methoxy groups -OCH3 is 2. The standard InChI is InChI=1S/C16H22N2O2/c1-10(9-17)7-12-14(19-3)6-5-13-16(12)15(20-4)8-11(2)18-13/h5-6,8,10H,7,9,17H2,1-4H3. The van der Waals surface area contributed by atoms with Crippen molar-refractivity contribution in [2.45, 2.75) is 20.3 Å². The van der Waals surface area contributed by atoms with Gasteiger partial charge in [-0.1, -0.05) is 6.92 Å². The van der Waals surface area contributed by atoms with Crippen LogP contribution in [0.5, 0.6) is 11.5 Å². The summed E-state index contributed by atoms with van der Waals surface area (Å²) in [4.78, 5) is 4.59. The number of nitrogens with zero attached hydrogens (tertiary/aromatic N) is 1. The summed E-state index contributed by atoms with van der Waals surface area (Å²) in [6, 6.07) is 5.89. The molecule has 0 saturated carbocycles. The molecule has 2 N–H and O–H groups in total. The Morgan fingerprint density at radius 1 is 1.20 bits per heavy atom. The molecule has 0 aliphatic heterocycles. The fourth-order valence-corrected chi connectivity index (χ4v) is 2.46. The van der Waals surface area contributed by atoms with Gasteiger partial charge in [-0.15, -0.1) is 0 Å². The molecule has 4 nitrogen and oxygen atoms in total. The third kappa shape index (κ3) is 2.70. The van der Waals surface area contributed by atoms with E-state index in [9.17, 15) is 0 Å². The Labute approximate surface area is 119 Å². The lowest BCUT2D eigenvalue weighted by atomic mass is 9.96. The topological polar surface area (TPSA) is 57.4 Å². The van der Waals surface area contributed by atoms with Crippen LogP contribution in [0.25, 0.3) is 10.9 Å². The van der Waals surface area contributed by atoms with Gasteiger partial charge in [-0.3, -0.25) is 4.98 Å². The quantitative estimate of drug-likeness (QED) is 0.910. The fourth-order valence-electron chi connectivity index (χ4n) is 2.46. The van der Waals surface area contributed by atoms with E-state index in [0.717, 1.165) is 40.1 Å². The number of ether oxygens (including phenoxy) is 2. The van der Waals surface area contributed by atoms with E-state index < -0.39 is 0 Å². The molecule has 108 valence electrons. The predicted octanol–water partition coefficient (Wildman–Crippen LogP) is 2.70. The summed E-state index contributed by atoms with van der Waals surface area (Å²) in [6.45, 7) is 4.74. The lowest BCUT2D eigenvalue weighted by molar-refractivity contribution is 0.404. The van der Waals surface area contributed by atoms with Crippen molar-refractivity contribution in [1.29, 1.82) is 0 Å². The Morgan fingerprint density at radius 2 is 1.90 bits per heavy atom. The van der Waals surface area contributed by atoms with Crippen LogP contribution in [0.3, 0.4) is 0 Å². The summed E-state index contributed by atoms with van der Waals surface area (Å²) in [5, 5.41) is 1.03. The van der Waals surface area contributed by atoms with E-state index in [1.54, 1.807) is 14.2 Å². The van der Waals surface area contributed by atoms with Crippen molar-refractivity contribution >= 4 is 10.9 Å². The van der Waals surface area contributed by atoms with Crippen LogP contribution in [0.2, 0.25) is 0 Å². The van der Waals surface area contributed by atoms with Crippen LogP contribution in [0, 0.1) is 12.8 Å². The van der Waals surface area contributed by atoms with Gasteiger partial charge in [-0.2, -0.15) is 0 Å². The van der Waals surface area contributed by atoms with Gasteiger partial charge in [0.1, 0.15) is 11.5 Å². The van der Waals surface area contributed by atoms with E-state index in [0.29, 0.717) is 12.5 Å². The minimum atomic E-state index is 0.375. The molecule has 2 aromatic rings. The molecule has 0 saturated heterocycles. The van der Waals surface area contributed by atoms with E-state index >= 15 is 0 Å². The first kappa shape index (κ1) is 14.6. The second kappa shape index (κ2) is 6.09. The van der Waals surface area contributed by atoms with Crippen molar-refractivity contribution in [2.75, 3.05) is 20.8 Å². The number of aryl methyl sites for hydroxylation is 1. The molecule has 0 spiro atoms. The number of rotatable bonds is 5. The zero-order valence-electron chi connectivity index (χ0n) is 12.6. The summed E-state index contributed by atoms with van der Waals surface area (Å²) in [5.41, 5.74) is 8.75. The van der Waals surface area contributed by atoms with Gasteiger partial charge in [-0.05, 0) is 37.9 Å². The molecule has 0 amide bonds. The number of hydrogen-bond donors (Lipinski definition) is 1. The molecular weight excluding hydrogens is 252 g/mol. The molecule has 20 heavy (non-hydrogen) atoms. The fraction of sp³-hybridized carbons (Fsp3) is 0.438. The van der Waals surface area contributed by atoms with E-state index in [2.05, 4.69) is 11.9 Å². The van der Waals surface area contributed by atoms with E-state index in [-0.39, 0.29) is 0 Å². The zero-order valence-corrected chi connectivity index (χ0v) is 12.6. The number of benzene rings is 1. The number of fused-ring (bicyclic) bond motifs is 1. The zero-order chi connectivity index (χ0) is 14.7. The van der Waals surface area contributed by atoms with E-state index in [1.165, 1.54) is 0 Å². The van der Waals surface area contributed by atoms with Crippen LogP contribution in [0.1, 0.15) is 18.2 Å². The molecule has 1 atom stereocenters. The van der Waals surface area contributed by atoms with Gasteiger partial charge >= 0.3 is 0 Å². The number of pyridine rings is 1. The number of nitrogens with two attached hydrogens (primary N) is 1. The van der Waals surface area contributed by atoms with Crippen molar-refractivity contribution in [3.05, 3.63) is 29.5 Å². The Hall–Kier alpha value is -1.81. The molecule has 0 aliphatic rings. The monoisotopic (exact) mass is 274 g/mol. The third-order valence-electron chi connectivity index (χ3n) is 3.53. The molecule has 0 bridgehead atoms. The Bertz CT molecular complexity index is 611. The number of hydrogen-bond acceptors (Lipinski definition) is 4. The highest BCUT2D eigenvalue weighted by Gasteiger charge is 2.16. The molecule has 1 heterocycles. The van der Waals surface area contributed by atoms with Crippen molar-refractivity contribution in [3.8, 4) is 11.5 Å². The Kier molecular flexibility index (Phi) is 4.45. The molecule has 4 heteroatoms. The summed E-state index contributed by atoms with van der Waals surface area (Å²) in [6.07, 6.45) is 0.845. The van der Waals surface area contributed by atoms with Gasteiger partial charge < -0.3 is 15.2 Å². The van der Waals surface area contributed by atoms with Crippen LogP contribution < -0.4 is 15.2 Å². The smallest absolute Gasteiger partial charge is 0.130 e. The Balaban J connectivity index is 2.71. The first-order valence-corrected chi connectivity index (χ1v) is 6.82. The van der Waals surface area contributed by atoms with E-state index in [1.807, 2.05) is 25.1 Å². The third-order valence-corrected chi connectivity index (χ3v) is 3.53. The molecule has 1 aromatic carbocycles. The molecule has 1 unspecified atom stereocenters. The first-order valence-electron chi connectivity index (χ1n) is 6.82. The second-order valence-electron chi connectivity index (χ2n) is 5.15. The summed E-state index contributed by atoms with van der Waals surface area (Å²) >= 11 is 0. The average molecular weight is 274 g/mol. The van der Waals surface area contributed by atoms with Gasteiger partial charge in [0.05, 0.1) is 19.7 Å². The maximum absolute atomic E-state index is 5.76. The summed E-state index contributed by atoms with van der Waals surface area (Å²) in [7, 11) is 3.37. The van der Waals surface area contributed by atoms with Crippen molar-refractivity contribution < 1.29 is 9.47 Å². The maximum atomic E-state index is 5.76. The Morgan fingerprint density at radius 3 is 2.50 bits per heavy atom. The maximum Gasteiger partial charge on any atom is 0.130 e. The number of aromatic nitrogens is 1. The largest absolute Gasteiger partial charge is 0.496 e. The van der Waals surface area contributed by atoms with Gasteiger partial charge in [0.25, 0.3) is 0 Å². The average Bonchev–Trinajstić information content (AvgIpc) is 2.46. The second-order valence-corrected chi connectivity index (χ2v) is 5.15. The molecule has 0 radical (unpaired) electrons. The summed E-state index contributed by atoms with van der Waals surface area (Å²) < 4.78 is 11.0. The van der Waals surface area contributed by atoms with Crippen molar-refractivity contribution in [1.82, 2.24) is 4.98 Å². The van der Waals surface area contributed by atoms with Gasteiger partial charge in [0, 0.05) is 22.7 Å². The van der Waals surface area contributed by atoms with Gasteiger partial charge in [0.2, 0.25) is 0 Å². The van der Waals surface area contributed by atoms with E-state index in [4.69, 9.17) is 15.2 Å². The molecule has 2 rings (SSSR count). The normalized spacial score (nSPS) is 12.4. The lowest BCUT2D eigenvalue weighted by Gasteiger charge is -2.17. The SMILES string of the molecule is COc1ccc2nc(C)cc(OC)c2c1CC(C)CN. The van der Waals surface area contributed by atoms with Crippen LogP contribution >= 0.6 is 0 Å². The minimum absolute atomic E-state index is 0.375.